The summed E-state index contributed by atoms with van der Waals surface area (Å²) in [5.74, 6) is -0.554. The van der Waals surface area contributed by atoms with E-state index in [2.05, 4.69) is 5.32 Å². The summed E-state index contributed by atoms with van der Waals surface area (Å²) in [4.78, 5) is 23.4. The molecule has 1 aliphatic rings. The van der Waals surface area contributed by atoms with Gasteiger partial charge in [0.15, 0.2) is 11.5 Å². The number of ether oxygens (including phenoxy) is 2. The molecule has 0 heterocycles. The van der Waals surface area contributed by atoms with Crippen LogP contribution < -0.4 is 14.8 Å². The van der Waals surface area contributed by atoms with Crippen molar-refractivity contribution in [1.29, 1.82) is 0 Å². The third-order valence-electron chi connectivity index (χ3n) is 4.47. The van der Waals surface area contributed by atoms with Gasteiger partial charge in [0.25, 0.3) is 5.91 Å². The molecule has 142 valence electrons. The number of rotatable bonds is 6. The highest BCUT2D eigenvalue weighted by Crippen LogP contribution is 2.39. The number of hydrogen-bond acceptors (Lipinski definition) is 4. The molecule has 0 bridgehead atoms. The number of carbonyl (C=O) groups is 2. The van der Waals surface area contributed by atoms with Gasteiger partial charge >= 0.3 is 5.97 Å². The lowest BCUT2D eigenvalue weighted by Gasteiger charge is -2.18. The molecule has 1 saturated carbocycles. The SMILES string of the molecule is COc1cc(C(=O)Nc2ccc(C(=O)O)cc2)cc(Cl)c1OC1CCCC1. The van der Waals surface area contributed by atoms with Crippen LogP contribution in [0, 0.1) is 0 Å². The maximum atomic E-state index is 12.5. The van der Waals surface area contributed by atoms with Gasteiger partial charge < -0.3 is 19.9 Å². The second-order valence-corrected chi connectivity index (χ2v) is 6.76. The molecule has 0 aromatic heterocycles. The van der Waals surface area contributed by atoms with E-state index < -0.39 is 5.97 Å². The predicted octanol–water partition coefficient (Wildman–Crippen LogP) is 4.62. The van der Waals surface area contributed by atoms with Crippen molar-refractivity contribution in [1.82, 2.24) is 0 Å². The number of aromatic carboxylic acids is 1. The topological polar surface area (TPSA) is 84.9 Å². The lowest BCUT2D eigenvalue weighted by molar-refractivity contribution is 0.0696. The van der Waals surface area contributed by atoms with Crippen LogP contribution in [0.15, 0.2) is 36.4 Å². The van der Waals surface area contributed by atoms with Crippen LogP contribution in [0.3, 0.4) is 0 Å². The van der Waals surface area contributed by atoms with Gasteiger partial charge in [-0.05, 0) is 62.1 Å². The Morgan fingerprint density at radius 3 is 2.37 bits per heavy atom. The summed E-state index contributed by atoms with van der Waals surface area (Å²) >= 11 is 6.34. The molecule has 0 aliphatic heterocycles. The van der Waals surface area contributed by atoms with Crippen molar-refractivity contribution < 1.29 is 24.2 Å². The van der Waals surface area contributed by atoms with Gasteiger partial charge in [-0.3, -0.25) is 4.79 Å². The molecule has 0 saturated heterocycles. The van der Waals surface area contributed by atoms with Crippen LogP contribution in [-0.4, -0.2) is 30.2 Å². The predicted molar refractivity (Wildman–Crippen MR) is 102 cm³/mol. The molecule has 0 radical (unpaired) electrons. The summed E-state index contributed by atoms with van der Waals surface area (Å²) < 4.78 is 11.3. The summed E-state index contributed by atoms with van der Waals surface area (Å²) in [6.45, 7) is 0. The summed E-state index contributed by atoms with van der Waals surface area (Å²) in [6, 6.07) is 9.01. The van der Waals surface area contributed by atoms with Crippen LogP contribution in [0.1, 0.15) is 46.4 Å². The van der Waals surface area contributed by atoms with Crippen molar-refractivity contribution in [2.45, 2.75) is 31.8 Å². The highest BCUT2D eigenvalue weighted by Gasteiger charge is 2.22. The molecule has 1 amide bonds. The first kappa shape index (κ1) is 19.0. The number of anilines is 1. The van der Waals surface area contributed by atoms with Gasteiger partial charge in [0.2, 0.25) is 0 Å². The Hall–Kier alpha value is -2.73. The van der Waals surface area contributed by atoms with Crippen LogP contribution in [0.5, 0.6) is 11.5 Å². The van der Waals surface area contributed by atoms with Crippen molar-refractivity contribution in [2.75, 3.05) is 12.4 Å². The number of hydrogen-bond donors (Lipinski definition) is 2. The Morgan fingerprint density at radius 1 is 1.11 bits per heavy atom. The van der Waals surface area contributed by atoms with E-state index in [1.807, 2.05) is 0 Å². The summed E-state index contributed by atoms with van der Waals surface area (Å²) in [7, 11) is 1.50. The van der Waals surface area contributed by atoms with Crippen molar-refractivity contribution >= 4 is 29.2 Å². The molecule has 2 aromatic rings. The van der Waals surface area contributed by atoms with Crippen molar-refractivity contribution in [3.05, 3.63) is 52.5 Å². The van der Waals surface area contributed by atoms with E-state index in [9.17, 15) is 9.59 Å². The zero-order valence-corrected chi connectivity index (χ0v) is 15.6. The zero-order valence-electron chi connectivity index (χ0n) is 14.8. The van der Waals surface area contributed by atoms with Gasteiger partial charge in [-0.2, -0.15) is 0 Å². The molecule has 3 rings (SSSR count). The average molecular weight is 390 g/mol. The van der Waals surface area contributed by atoms with E-state index in [0.717, 1.165) is 25.7 Å². The molecule has 2 N–H and O–H groups in total. The Bertz CT molecular complexity index is 844. The minimum Gasteiger partial charge on any atom is -0.493 e. The lowest BCUT2D eigenvalue weighted by atomic mass is 10.1. The van der Waals surface area contributed by atoms with Crippen LogP contribution in [-0.2, 0) is 0 Å². The van der Waals surface area contributed by atoms with Crippen molar-refractivity contribution in [3.63, 3.8) is 0 Å². The Kier molecular flexibility index (Phi) is 5.86. The summed E-state index contributed by atoms with van der Waals surface area (Å²) in [5.41, 5.74) is 0.940. The van der Waals surface area contributed by atoms with E-state index in [-0.39, 0.29) is 17.6 Å². The van der Waals surface area contributed by atoms with Gasteiger partial charge in [-0.15, -0.1) is 0 Å². The van der Waals surface area contributed by atoms with E-state index in [0.29, 0.717) is 27.8 Å². The first-order valence-corrected chi connectivity index (χ1v) is 9.04. The number of halogens is 1. The Balaban J connectivity index is 1.77. The van der Waals surface area contributed by atoms with E-state index in [1.165, 1.54) is 37.4 Å². The van der Waals surface area contributed by atoms with Crippen LogP contribution in [0.25, 0.3) is 0 Å². The number of benzene rings is 2. The summed E-state index contributed by atoms with van der Waals surface area (Å²) in [5, 5.41) is 11.9. The van der Waals surface area contributed by atoms with E-state index >= 15 is 0 Å². The Morgan fingerprint density at radius 2 is 1.78 bits per heavy atom. The fraction of sp³-hybridized carbons (Fsp3) is 0.300. The fourth-order valence-corrected chi connectivity index (χ4v) is 3.29. The van der Waals surface area contributed by atoms with E-state index in [1.54, 1.807) is 6.07 Å². The molecule has 0 unspecified atom stereocenters. The molecular formula is C20H20ClNO5. The molecule has 2 aromatic carbocycles. The first-order valence-electron chi connectivity index (χ1n) is 8.67. The third-order valence-corrected chi connectivity index (χ3v) is 4.75. The number of nitrogens with one attached hydrogen (secondary N) is 1. The van der Waals surface area contributed by atoms with Crippen LogP contribution in [0.2, 0.25) is 5.02 Å². The van der Waals surface area contributed by atoms with Gasteiger partial charge in [0, 0.05) is 11.3 Å². The lowest BCUT2D eigenvalue weighted by Crippen LogP contribution is -2.14. The van der Waals surface area contributed by atoms with Crippen molar-refractivity contribution in [3.8, 4) is 11.5 Å². The van der Waals surface area contributed by atoms with Crippen LogP contribution in [0.4, 0.5) is 5.69 Å². The minimum atomic E-state index is -1.03. The average Bonchev–Trinajstić information content (AvgIpc) is 3.16. The quantitative estimate of drug-likeness (QED) is 0.752. The number of carbonyl (C=O) groups excluding carboxylic acids is 1. The number of methoxy groups -OCH3 is 1. The van der Waals surface area contributed by atoms with Crippen molar-refractivity contribution in [2.24, 2.45) is 0 Å². The van der Waals surface area contributed by atoms with E-state index in [4.69, 9.17) is 26.2 Å². The standard InChI is InChI=1S/C20H20ClNO5/c1-26-17-11-13(10-16(21)18(17)27-15-4-2-3-5-15)19(23)22-14-8-6-12(7-9-14)20(24)25/h6-11,15H,2-5H2,1H3,(H,22,23)(H,24,25). The molecule has 7 heteroatoms. The molecular weight excluding hydrogens is 370 g/mol. The van der Waals surface area contributed by atoms with Gasteiger partial charge in [-0.25, -0.2) is 4.79 Å². The fourth-order valence-electron chi connectivity index (χ4n) is 3.04. The largest absolute Gasteiger partial charge is 0.493 e. The number of amides is 1. The molecule has 1 aliphatic carbocycles. The molecule has 0 spiro atoms. The van der Waals surface area contributed by atoms with Crippen LogP contribution >= 0.6 is 11.6 Å². The van der Waals surface area contributed by atoms with Gasteiger partial charge in [-0.1, -0.05) is 11.6 Å². The first-order chi connectivity index (χ1) is 13.0. The third kappa shape index (κ3) is 4.52. The summed E-state index contributed by atoms with van der Waals surface area (Å²) in [6.07, 6.45) is 4.34. The molecule has 1 fully saturated rings. The maximum absolute atomic E-state index is 12.5. The Labute approximate surface area is 162 Å². The molecule has 27 heavy (non-hydrogen) atoms. The monoisotopic (exact) mass is 389 g/mol. The van der Waals surface area contributed by atoms with Gasteiger partial charge in [0.05, 0.1) is 23.8 Å². The maximum Gasteiger partial charge on any atom is 0.335 e. The zero-order chi connectivity index (χ0) is 19.4. The molecule has 6 nitrogen and oxygen atoms in total. The highest BCUT2D eigenvalue weighted by molar-refractivity contribution is 6.32. The van der Waals surface area contributed by atoms with Gasteiger partial charge in [0.1, 0.15) is 0 Å². The minimum absolute atomic E-state index is 0.115. The normalized spacial score (nSPS) is 14.0. The smallest absolute Gasteiger partial charge is 0.335 e. The number of carboxylic acid groups (broad SMARTS) is 1. The highest BCUT2D eigenvalue weighted by atomic mass is 35.5. The second-order valence-electron chi connectivity index (χ2n) is 6.35. The number of carboxylic acids is 1. The second kappa shape index (κ2) is 8.31. The molecule has 0 atom stereocenters.